The molecular formula is C15H27N3O2. The summed E-state index contributed by atoms with van der Waals surface area (Å²) in [5.41, 5.74) is 1.04. The van der Waals surface area contributed by atoms with Crippen molar-refractivity contribution in [3.8, 4) is 6.01 Å². The standard InChI is InChI=1S/C13H21N3O2.C2H6/c1-13(18-3)5-8-16(9-6-13)10-11-4-7-14-12(15-11)17-2;1-2/h4,7H,5-6,8-10H2,1-3H3;1-2H3. The van der Waals surface area contributed by atoms with Crippen LogP contribution in [0.5, 0.6) is 6.01 Å². The summed E-state index contributed by atoms with van der Waals surface area (Å²) in [4.78, 5) is 10.7. The van der Waals surface area contributed by atoms with Gasteiger partial charge in [0, 0.05) is 32.9 Å². The summed E-state index contributed by atoms with van der Waals surface area (Å²) < 4.78 is 10.6. The summed E-state index contributed by atoms with van der Waals surface area (Å²) >= 11 is 0. The van der Waals surface area contributed by atoms with E-state index in [4.69, 9.17) is 9.47 Å². The molecule has 5 nitrogen and oxygen atoms in total. The molecule has 1 fully saturated rings. The molecule has 5 heteroatoms. The number of hydrogen-bond acceptors (Lipinski definition) is 5. The van der Waals surface area contributed by atoms with Crippen molar-refractivity contribution in [2.75, 3.05) is 27.3 Å². The Balaban J connectivity index is 0.000000956. The van der Waals surface area contributed by atoms with Gasteiger partial charge in [0.05, 0.1) is 18.4 Å². The molecule has 2 heterocycles. The first-order valence-electron chi connectivity index (χ1n) is 7.29. The fourth-order valence-corrected chi connectivity index (χ4v) is 2.18. The zero-order valence-electron chi connectivity index (χ0n) is 13.3. The van der Waals surface area contributed by atoms with Gasteiger partial charge in [-0.2, -0.15) is 4.98 Å². The SMILES string of the molecule is CC.COc1nccc(CN2CCC(C)(OC)CC2)n1. The Labute approximate surface area is 122 Å². The molecule has 1 saturated heterocycles. The molecule has 0 aromatic carbocycles. The summed E-state index contributed by atoms with van der Waals surface area (Å²) in [6.45, 7) is 9.10. The second-order valence-electron chi connectivity index (χ2n) is 4.96. The van der Waals surface area contributed by atoms with Gasteiger partial charge in [0.2, 0.25) is 0 Å². The van der Waals surface area contributed by atoms with Crippen LogP contribution in [-0.4, -0.2) is 47.8 Å². The number of aromatic nitrogens is 2. The van der Waals surface area contributed by atoms with Crippen LogP contribution in [0.2, 0.25) is 0 Å². The van der Waals surface area contributed by atoms with Crippen molar-refractivity contribution in [3.63, 3.8) is 0 Å². The summed E-state index contributed by atoms with van der Waals surface area (Å²) in [7, 11) is 3.38. The van der Waals surface area contributed by atoms with Gasteiger partial charge in [0.1, 0.15) is 0 Å². The number of ether oxygens (including phenoxy) is 2. The second-order valence-corrected chi connectivity index (χ2v) is 4.96. The molecule has 0 amide bonds. The van der Waals surface area contributed by atoms with Crippen LogP contribution in [0.3, 0.4) is 0 Å². The van der Waals surface area contributed by atoms with Crippen LogP contribution in [-0.2, 0) is 11.3 Å². The molecule has 0 bridgehead atoms. The van der Waals surface area contributed by atoms with Gasteiger partial charge < -0.3 is 9.47 Å². The maximum atomic E-state index is 5.54. The monoisotopic (exact) mass is 281 g/mol. The van der Waals surface area contributed by atoms with E-state index in [2.05, 4.69) is 21.8 Å². The van der Waals surface area contributed by atoms with Crippen molar-refractivity contribution >= 4 is 0 Å². The molecule has 114 valence electrons. The van der Waals surface area contributed by atoms with Crippen LogP contribution in [0.4, 0.5) is 0 Å². The minimum Gasteiger partial charge on any atom is -0.467 e. The number of rotatable bonds is 4. The van der Waals surface area contributed by atoms with Crippen molar-refractivity contribution in [1.29, 1.82) is 0 Å². The van der Waals surface area contributed by atoms with Crippen LogP contribution in [0.25, 0.3) is 0 Å². The van der Waals surface area contributed by atoms with E-state index in [1.165, 1.54) is 0 Å². The van der Waals surface area contributed by atoms with Gasteiger partial charge in [-0.1, -0.05) is 13.8 Å². The van der Waals surface area contributed by atoms with E-state index in [0.29, 0.717) is 6.01 Å². The van der Waals surface area contributed by atoms with Crippen LogP contribution in [0.1, 0.15) is 39.3 Å². The second kappa shape index (κ2) is 8.17. The number of hydrogen-bond donors (Lipinski definition) is 0. The molecule has 1 aliphatic heterocycles. The molecule has 0 saturated carbocycles. The van der Waals surface area contributed by atoms with Crippen LogP contribution in [0.15, 0.2) is 12.3 Å². The fraction of sp³-hybridized carbons (Fsp3) is 0.733. The highest BCUT2D eigenvalue weighted by Gasteiger charge is 2.29. The van der Waals surface area contributed by atoms with Gasteiger partial charge in [-0.3, -0.25) is 4.90 Å². The Morgan fingerprint density at radius 3 is 2.45 bits per heavy atom. The first-order valence-corrected chi connectivity index (χ1v) is 7.29. The molecular weight excluding hydrogens is 254 g/mol. The quantitative estimate of drug-likeness (QED) is 0.848. The first-order chi connectivity index (χ1) is 9.65. The number of piperidine rings is 1. The highest BCUT2D eigenvalue weighted by atomic mass is 16.5. The molecule has 0 atom stereocenters. The normalized spacial score (nSPS) is 18.1. The van der Waals surface area contributed by atoms with Gasteiger partial charge in [-0.05, 0) is 25.8 Å². The smallest absolute Gasteiger partial charge is 0.316 e. The van der Waals surface area contributed by atoms with Gasteiger partial charge >= 0.3 is 6.01 Å². The van der Waals surface area contributed by atoms with Crippen molar-refractivity contribution in [2.24, 2.45) is 0 Å². The van der Waals surface area contributed by atoms with Crippen molar-refractivity contribution < 1.29 is 9.47 Å². The Hall–Kier alpha value is -1.20. The fourth-order valence-electron chi connectivity index (χ4n) is 2.18. The van der Waals surface area contributed by atoms with Gasteiger partial charge in [-0.25, -0.2) is 4.98 Å². The average Bonchev–Trinajstić information content (AvgIpc) is 2.52. The third-order valence-electron chi connectivity index (χ3n) is 3.67. The zero-order chi connectivity index (χ0) is 15.0. The van der Waals surface area contributed by atoms with Crippen molar-refractivity contribution in [2.45, 2.75) is 45.8 Å². The Bertz CT molecular complexity index is 390. The van der Waals surface area contributed by atoms with Crippen LogP contribution in [0, 0.1) is 0 Å². The first kappa shape index (κ1) is 16.9. The molecule has 1 aliphatic rings. The summed E-state index contributed by atoms with van der Waals surface area (Å²) in [5, 5.41) is 0. The van der Waals surface area contributed by atoms with E-state index in [0.717, 1.165) is 38.2 Å². The predicted octanol–water partition coefficient (Wildman–Crippen LogP) is 2.51. The summed E-state index contributed by atoms with van der Waals surface area (Å²) in [6, 6.07) is 2.37. The maximum Gasteiger partial charge on any atom is 0.316 e. The van der Waals surface area contributed by atoms with Crippen molar-refractivity contribution in [1.82, 2.24) is 14.9 Å². The van der Waals surface area contributed by atoms with Crippen molar-refractivity contribution in [3.05, 3.63) is 18.0 Å². The van der Waals surface area contributed by atoms with Crippen LogP contribution < -0.4 is 4.74 Å². The summed E-state index contributed by atoms with van der Waals surface area (Å²) in [5.74, 6) is 0. The Morgan fingerprint density at radius 1 is 1.25 bits per heavy atom. The third kappa shape index (κ3) is 4.72. The van der Waals surface area contributed by atoms with E-state index < -0.39 is 0 Å². The molecule has 1 aromatic rings. The lowest BCUT2D eigenvalue weighted by molar-refractivity contribution is -0.0442. The van der Waals surface area contributed by atoms with Gasteiger partial charge in [0.15, 0.2) is 0 Å². The molecule has 0 unspecified atom stereocenters. The minimum absolute atomic E-state index is 0.0415. The molecule has 0 radical (unpaired) electrons. The lowest BCUT2D eigenvalue weighted by atomic mass is 9.93. The predicted molar refractivity (Wildman–Crippen MR) is 79.9 cm³/mol. The number of nitrogens with zero attached hydrogens (tertiary/aromatic N) is 3. The molecule has 0 spiro atoms. The average molecular weight is 281 g/mol. The largest absolute Gasteiger partial charge is 0.467 e. The van der Waals surface area contributed by atoms with E-state index >= 15 is 0 Å². The molecule has 1 aromatic heterocycles. The Kier molecular flexibility index (Phi) is 6.88. The topological polar surface area (TPSA) is 47.5 Å². The lowest BCUT2D eigenvalue weighted by Gasteiger charge is -2.38. The molecule has 0 aliphatic carbocycles. The highest BCUT2D eigenvalue weighted by molar-refractivity contribution is 5.05. The van der Waals surface area contributed by atoms with Gasteiger partial charge in [0.25, 0.3) is 0 Å². The third-order valence-corrected chi connectivity index (χ3v) is 3.67. The minimum atomic E-state index is 0.0415. The van der Waals surface area contributed by atoms with Crippen LogP contribution >= 0.6 is 0 Å². The maximum absolute atomic E-state index is 5.54. The number of likely N-dealkylation sites (tertiary alicyclic amines) is 1. The highest BCUT2D eigenvalue weighted by Crippen LogP contribution is 2.25. The van der Waals surface area contributed by atoms with E-state index in [1.807, 2.05) is 19.9 Å². The molecule has 20 heavy (non-hydrogen) atoms. The molecule has 2 rings (SSSR count). The molecule has 0 N–H and O–H groups in total. The number of methoxy groups -OCH3 is 2. The van der Waals surface area contributed by atoms with E-state index in [-0.39, 0.29) is 5.60 Å². The zero-order valence-corrected chi connectivity index (χ0v) is 13.3. The van der Waals surface area contributed by atoms with E-state index in [1.54, 1.807) is 20.4 Å². The van der Waals surface area contributed by atoms with E-state index in [9.17, 15) is 0 Å². The van der Waals surface area contributed by atoms with Gasteiger partial charge in [-0.15, -0.1) is 0 Å². The lowest BCUT2D eigenvalue weighted by Crippen LogP contribution is -2.43. The Morgan fingerprint density at radius 2 is 1.90 bits per heavy atom. The summed E-state index contributed by atoms with van der Waals surface area (Å²) in [6.07, 6.45) is 3.86.